The maximum absolute atomic E-state index is 2.16. The van der Waals surface area contributed by atoms with Gasteiger partial charge in [0.05, 0.1) is 0 Å². The quantitative estimate of drug-likeness (QED) is 0.675. The van der Waals surface area contributed by atoms with Crippen molar-refractivity contribution in [2.45, 2.75) is 26.7 Å². The first-order valence-electron chi connectivity index (χ1n) is 6.62. The lowest BCUT2D eigenvalue weighted by Crippen LogP contribution is -1.73. The summed E-state index contributed by atoms with van der Waals surface area (Å²) < 4.78 is 0. The van der Waals surface area contributed by atoms with Crippen LogP contribution in [0.3, 0.4) is 0 Å². The number of allylic oxidation sites excluding steroid dienone is 1. The van der Waals surface area contributed by atoms with Crippen molar-refractivity contribution < 1.29 is 0 Å². The predicted molar refractivity (Wildman–Crippen MR) is 81.6 cm³/mol. The van der Waals surface area contributed by atoms with E-state index in [1.165, 1.54) is 11.1 Å². The maximum Gasteiger partial charge on any atom is -0.0260 e. The molecule has 0 nitrogen and oxygen atoms in total. The molecule has 2 aromatic rings. The van der Waals surface area contributed by atoms with Crippen molar-refractivity contribution >= 4 is 6.08 Å². The van der Waals surface area contributed by atoms with Gasteiger partial charge in [-0.15, -0.1) is 0 Å². The minimum atomic E-state index is 1.11. The molecule has 94 valence electrons. The molecule has 0 aliphatic heterocycles. The van der Waals surface area contributed by atoms with E-state index in [1.807, 2.05) is 12.1 Å². The molecule has 0 N–H and O–H groups in total. The molecule has 18 heavy (non-hydrogen) atoms. The fraction of sp³-hybridized carbons (Fsp3) is 0.222. The molecule has 0 amide bonds. The van der Waals surface area contributed by atoms with Crippen LogP contribution in [0.4, 0.5) is 0 Å². The van der Waals surface area contributed by atoms with Crippen LogP contribution in [-0.2, 0) is 6.42 Å². The summed E-state index contributed by atoms with van der Waals surface area (Å²) in [5.74, 6) is 0. The van der Waals surface area contributed by atoms with E-state index in [9.17, 15) is 0 Å². The second-order valence-corrected chi connectivity index (χ2v) is 4.06. The van der Waals surface area contributed by atoms with Crippen LogP contribution in [0.2, 0.25) is 0 Å². The molecule has 0 saturated carbocycles. The van der Waals surface area contributed by atoms with Gasteiger partial charge in [0.15, 0.2) is 0 Å². The fourth-order valence-electron chi connectivity index (χ4n) is 1.53. The highest BCUT2D eigenvalue weighted by molar-refractivity contribution is 5.48. The molecule has 0 heteroatoms. The van der Waals surface area contributed by atoms with Crippen LogP contribution in [0.25, 0.3) is 6.08 Å². The summed E-state index contributed by atoms with van der Waals surface area (Å²) in [6.45, 7) is 4.30. The van der Waals surface area contributed by atoms with Crippen molar-refractivity contribution in [3.63, 3.8) is 0 Å². The van der Waals surface area contributed by atoms with Gasteiger partial charge in [-0.1, -0.05) is 86.7 Å². The Balaban J connectivity index is 0.000000184. The molecule has 0 aromatic heterocycles. The van der Waals surface area contributed by atoms with Gasteiger partial charge < -0.3 is 0 Å². The molecular weight excluding hydrogens is 216 g/mol. The van der Waals surface area contributed by atoms with Crippen LogP contribution in [-0.4, -0.2) is 0 Å². The van der Waals surface area contributed by atoms with Crippen LogP contribution in [0.5, 0.6) is 0 Å². The van der Waals surface area contributed by atoms with Gasteiger partial charge >= 0.3 is 0 Å². The van der Waals surface area contributed by atoms with Crippen molar-refractivity contribution in [1.82, 2.24) is 0 Å². The molecule has 0 heterocycles. The summed E-state index contributed by atoms with van der Waals surface area (Å²) in [5.41, 5.74) is 2.69. The zero-order chi connectivity index (χ0) is 13.1. The van der Waals surface area contributed by atoms with Crippen molar-refractivity contribution in [3.8, 4) is 0 Å². The molecule has 0 aliphatic rings. The van der Waals surface area contributed by atoms with Crippen LogP contribution in [0.1, 0.15) is 31.4 Å². The van der Waals surface area contributed by atoms with Crippen LogP contribution < -0.4 is 0 Å². The summed E-state index contributed by atoms with van der Waals surface area (Å²) in [6.07, 6.45) is 6.55. The number of hydrogen-bond acceptors (Lipinski definition) is 0. The van der Waals surface area contributed by atoms with Gasteiger partial charge in [0.1, 0.15) is 0 Å². The van der Waals surface area contributed by atoms with E-state index in [-0.39, 0.29) is 0 Å². The topological polar surface area (TPSA) is 0 Å². The Morgan fingerprint density at radius 3 is 1.78 bits per heavy atom. The summed E-state index contributed by atoms with van der Waals surface area (Å²) in [7, 11) is 0. The van der Waals surface area contributed by atoms with Gasteiger partial charge in [-0.2, -0.15) is 0 Å². The van der Waals surface area contributed by atoms with Gasteiger partial charge in [0.25, 0.3) is 0 Å². The van der Waals surface area contributed by atoms with Crippen LogP contribution in [0, 0.1) is 0 Å². The van der Waals surface area contributed by atoms with E-state index < -0.39 is 0 Å². The number of hydrogen-bond donors (Lipinski definition) is 0. The number of aryl methyl sites for hydroxylation is 1. The molecular formula is C18H22. The highest BCUT2D eigenvalue weighted by Crippen LogP contribution is 2.00. The van der Waals surface area contributed by atoms with Crippen molar-refractivity contribution in [2.75, 3.05) is 0 Å². The van der Waals surface area contributed by atoms with Crippen molar-refractivity contribution in [1.29, 1.82) is 0 Å². The Bertz CT molecular complexity index is 426. The highest BCUT2D eigenvalue weighted by Gasteiger charge is 1.80. The van der Waals surface area contributed by atoms with Gasteiger partial charge in [-0.05, 0) is 24.0 Å². The molecule has 2 rings (SSSR count). The summed E-state index contributed by atoms with van der Waals surface area (Å²) >= 11 is 0. The Labute approximate surface area is 111 Å². The van der Waals surface area contributed by atoms with E-state index in [1.54, 1.807) is 0 Å². The number of benzene rings is 2. The Hall–Kier alpha value is -1.82. The first-order valence-corrected chi connectivity index (χ1v) is 6.62. The smallest absolute Gasteiger partial charge is 0.0260 e. The normalized spacial score (nSPS) is 9.89. The molecule has 0 unspecified atom stereocenters. The van der Waals surface area contributed by atoms with E-state index in [4.69, 9.17) is 0 Å². The molecule has 0 aliphatic carbocycles. The van der Waals surface area contributed by atoms with E-state index >= 15 is 0 Å². The van der Waals surface area contributed by atoms with Gasteiger partial charge in [0, 0.05) is 0 Å². The minimum absolute atomic E-state index is 1.11. The highest BCUT2D eigenvalue weighted by atomic mass is 13.9. The second-order valence-electron chi connectivity index (χ2n) is 4.06. The first-order chi connectivity index (χ1) is 8.86. The average molecular weight is 238 g/mol. The molecule has 0 spiro atoms. The molecule has 0 radical (unpaired) electrons. The minimum Gasteiger partial charge on any atom is -0.0842 e. The average Bonchev–Trinajstić information content (AvgIpc) is 2.48. The first kappa shape index (κ1) is 14.2. The Morgan fingerprint density at radius 2 is 1.33 bits per heavy atom. The summed E-state index contributed by atoms with van der Waals surface area (Å²) in [4.78, 5) is 0. The molecule has 2 aromatic carbocycles. The van der Waals surface area contributed by atoms with Crippen molar-refractivity contribution in [3.05, 3.63) is 77.9 Å². The maximum atomic E-state index is 2.16. The van der Waals surface area contributed by atoms with Gasteiger partial charge in [-0.25, -0.2) is 0 Å². The second kappa shape index (κ2) is 9.23. The molecule has 0 saturated heterocycles. The summed E-state index contributed by atoms with van der Waals surface area (Å²) in [6, 6.07) is 20.8. The predicted octanol–water partition coefficient (Wildman–Crippen LogP) is 5.36. The monoisotopic (exact) mass is 238 g/mol. The van der Waals surface area contributed by atoms with E-state index in [0.717, 1.165) is 12.8 Å². The molecule has 0 fully saturated rings. The fourth-order valence-corrected chi connectivity index (χ4v) is 1.53. The lowest BCUT2D eigenvalue weighted by molar-refractivity contribution is 1.14. The SMILES string of the molecule is CC/C=C/c1ccccc1.CCc1ccccc1. The summed E-state index contributed by atoms with van der Waals surface area (Å²) in [5, 5.41) is 0. The van der Waals surface area contributed by atoms with E-state index in [0.29, 0.717) is 0 Å². The van der Waals surface area contributed by atoms with Crippen LogP contribution in [0.15, 0.2) is 66.7 Å². The van der Waals surface area contributed by atoms with Crippen molar-refractivity contribution in [2.24, 2.45) is 0 Å². The molecule has 0 bridgehead atoms. The van der Waals surface area contributed by atoms with Gasteiger partial charge in [-0.3, -0.25) is 0 Å². The zero-order valence-electron chi connectivity index (χ0n) is 11.3. The number of rotatable bonds is 3. The third kappa shape index (κ3) is 6.05. The van der Waals surface area contributed by atoms with Gasteiger partial charge in [0.2, 0.25) is 0 Å². The lowest BCUT2D eigenvalue weighted by atomic mass is 10.2. The Morgan fingerprint density at radius 1 is 0.778 bits per heavy atom. The molecule has 0 atom stereocenters. The Kier molecular flexibility index (Phi) is 7.31. The standard InChI is InChI=1S/C10H12.C8H10/c1-2-3-7-10-8-5-4-6-9-10;1-2-8-6-4-3-5-7-8/h3-9H,2H2,1H3;3-7H,2H2,1H3/b7-3+;. The largest absolute Gasteiger partial charge is 0.0842 e. The zero-order valence-corrected chi connectivity index (χ0v) is 11.3. The van der Waals surface area contributed by atoms with Crippen LogP contribution >= 0.6 is 0 Å². The third-order valence-electron chi connectivity index (χ3n) is 2.60. The third-order valence-corrected chi connectivity index (χ3v) is 2.60. The van der Waals surface area contributed by atoms with E-state index in [2.05, 4.69) is 74.5 Å². The lowest BCUT2D eigenvalue weighted by Gasteiger charge is -1.89.